The van der Waals surface area contributed by atoms with E-state index in [0.29, 0.717) is 25.2 Å². The lowest BCUT2D eigenvalue weighted by Crippen LogP contribution is -2.33. The van der Waals surface area contributed by atoms with Gasteiger partial charge in [-0.25, -0.2) is 0 Å². The third-order valence-corrected chi connectivity index (χ3v) is 2.58. The van der Waals surface area contributed by atoms with Gasteiger partial charge in [0.1, 0.15) is 0 Å². The van der Waals surface area contributed by atoms with Crippen LogP contribution in [0, 0.1) is 5.41 Å². The molecule has 0 spiro atoms. The summed E-state index contributed by atoms with van der Waals surface area (Å²) < 4.78 is 5.41. The molecule has 0 aliphatic carbocycles. The summed E-state index contributed by atoms with van der Waals surface area (Å²) in [6.07, 6.45) is 4.70. The molecule has 2 amide bonds. The van der Waals surface area contributed by atoms with Gasteiger partial charge in [-0.3, -0.25) is 14.5 Å². The highest BCUT2D eigenvalue weighted by atomic mass is 16.5. The molecule has 1 aliphatic heterocycles. The molecule has 17 heavy (non-hydrogen) atoms. The number of carbonyl (C=O) groups excluding carboxylic acids is 2. The van der Waals surface area contributed by atoms with Crippen molar-refractivity contribution in [2.75, 3.05) is 19.8 Å². The van der Waals surface area contributed by atoms with Gasteiger partial charge in [0.2, 0.25) is 0 Å². The Morgan fingerprint density at radius 2 is 1.71 bits per heavy atom. The number of hydrogen-bond acceptors (Lipinski definition) is 3. The summed E-state index contributed by atoms with van der Waals surface area (Å²) in [6.45, 7) is 8.03. The van der Waals surface area contributed by atoms with Crippen LogP contribution in [0.1, 0.15) is 33.6 Å². The minimum absolute atomic E-state index is 0.242. The van der Waals surface area contributed by atoms with Crippen LogP contribution >= 0.6 is 0 Å². The van der Waals surface area contributed by atoms with E-state index in [1.807, 2.05) is 0 Å². The van der Waals surface area contributed by atoms with E-state index in [4.69, 9.17) is 4.74 Å². The monoisotopic (exact) mass is 239 g/mol. The third-order valence-electron chi connectivity index (χ3n) is 2.58. The Hall–Kier alpha value is -1.16. The second-order valence-corrected chi connectivity index (χ2v) is 5.44. The highest BCUT2D eigenvalue weighted by Gasteiger charge is 2.22. The summed E-state index contributed by atoms with van der Waals surface area (Å²) in [5, 5.41) is 0. The summed E-state index contributed by atoms with van der Waals surface area (Å²) in [5.74, 6) is -0.485. The van der Waals surface area contributed by atoms with Gasteiger partial charge < -0.3 is 4.74 Å². The first kappa shape index (κ1) is 13.9. The Morgan fingerprint density at radius 3 is 2.24 bits per heavy atom. The molecule has 0 unspecified atom stereocenters. The van der Waals surface area contributed by atoms with Gasteiger partial charge in [0.15, 0.2) is 0 Å². The molecule has 0 saturated heterocycles. The summed E-state index contributed by atoms with van der Waals surface area (Å²) >= 11 is 0. The number of imide groups is 1. The number of hydrogen-bond donors (Lipinski definition) is 0. The zero-order chi connectivity index (χ0) is 12.9. The molecule has 1 rings (SSSR count). The van der Waals surface area contributed by atoms with Crippen molar-refractivity contribution in [2.24, 2.45) is 5.41 Å². The van der Waals surface area contributed by atoms with E-state index in [9.17, 15) is 9.59 Å². The van der Waals surface area contributed by atoms with Crippen molar-refractivity contribution < 1.29 is 14.3 Å². The first-order chi connectivity index (χ1) is 7.90. The Kier molecular flexibility index (Phi) is 4.87. The average Bonchev–Trinajstić information content (AvgIpc) is 2.52. The van der Waals surface area contributed by atoms with Crippen LogP contribution in [0.2, 0.25) is 0 Å². The maximum absolute atomic E-state index is 11.2. The molecule has 4 nitrogen and oxygen atoms in total. The maximum atomic E-state index is 11.2. The lowest BCUT2D eigenvalue weighted by molar-refractivity contribution is -0.137. The van der Waals surface area contributed by atoms with Crippen LogP contribution in [0.4, 0.5) is 0 Å². The van der Waals surface area contributed by atoms with Crippen molar-refractivity contribution in [3.63, 3.8) is 0 Å². The molecule has 0 fully saturated rings. The van der Waals surface area contributed by atoms with E-state index >= 15 is 0 Å². The molecule has 0 aromatic carbocycles. The summed E-state index contributed by atoms with van der Waals surface area (Å²) in [6, 6.07) is 0. The zero-order valence-electron chi connectivity index (χ0n) is 10.9. The molecular formula is C13H21NO3. The van der Waals surface area contributed by atoms with Gasteiger partial charge in [-0.2, -0.15) is 0 Å². The Bertz CT molecular complexity index is 297. The maximum Gasteiger partial charge on any atom is 0.253 e. The molecule has 1 aliphatic rings. The lowest BCUT2D eigenvalue weighted by Gasteiger charge is -2.18. The number of rotatable bonds is 6. The van der Waals surface area contributed by atoms with Crippen LogP contribution < -0.4 is 0 Å². The molecule has 0 radical (unpaired) electrons. The minimum atomic E-state index is -0.242. The average molecular weight is 239 g/mol. The molecule has 1 heterocycles. The van der Waals surface area contributed by atoms with Gasteiger partial charge >= 0.3 is 0 Å². The fourth-order valence-corrected chi connectivity index (χ4v) is 1.61. The highest BCUT2D eigenvalue weighted by molar-refractivity contribution is 6.12. The molecule has 4 heteroatoms. The van der Waals surface area contributed by atoms with Crippen LogP contribution in [-0.4, -0.2) is 36.5 Å². The van der Waals surface area contributed by atoms with Gasteiger partial charge in [-0.1, -0.05) is 20.8 Å². The van der Waals surface area contributed by atoms with Crippen LogP contribution in [-0.2, 0) is 14.3 Å². The molecule has 0 aromatic heterocycles. The van der Waals surface area contributed by atoms with Crippen molar-refractivity contribution in [3.05, 3.63) is 12.2 Å². The quantitative estimate of drug-likeness (QED) is 0.524. The fourth-order valence-electron chi connectivity index (χ4n) is 1.61. The lowest BCUT2D eigenvalue weighted by atomic mass is 9.91. The predicted octanol–water partition coefficient (Wildman–Crippen LogP) is 1.75. The van der Waals surface area contributed by atoms with Gasteiger partial charge in [0, 0.05) is 18.8 Å². The Labute approximate surface area is 103 Å². The number of ether oxygens (including phenoxy) is 1. The molecule has 96 valence electrons. The zero-order valence-corrected chi connectivity index (χ0v) is 10.9. The Balaban J connectivity index is 2.05. The molecule has 0 N–H and O–H groups in total. The predicted molar refractivity (Wildman–Crippen MR) is 65.4 cm³/mol. The first-order valence-electron chi connectivity index (χ1n) is 6.01. The van der Waals surface area contributed by atoms with E-state index in [2.05, 4.69) is 20.8 Å². The highest BCUT2D eigenvalue weighted by Crippen LogP contribution is 2.20. The second-order valence-electron chi connectivity index (χ2n) is 5.44. The third kappa shape index (κ3) is 5.13. The van der Waals surface area contributed by atoms with Gasteiger partial charge in [-0.15, -0.1) is 0 Å². The topological polar surface area (TPSA) is 46.6 Å². The van der Waals surface area contributed by atoms with Crippen molar-refractivity contribution >= 4 is 11.8 Å². The molecule has 0 aromatic rings. The van der Waals surface area contributed by atoms with Crippen molar-refractivity contribution in [1.82, 2.24) is 4.90 Å². The largest absolute Gasteiger partial charge is 0.380 e. The summed E-state index contributed by atoms with van der Waals surface area (Å²) in [4.78, 5) is 23.6. The van der Waals surface area contributed by atoms with E-state index in [1.165, 1.54) is 17.1 Å². The summed E-state index contributed by atoms with van der Waals surface area (Å²) in [5.41, 5.74) is 0.328. The van der Waals surface area contributed by atoms with Crippen molar-refractivity contribution in [2.45, 2.75) is 33.6 Å². The SMILES string of the molecule is CC(C)(C)CCCOCCN1C(=O)C=CC1=O. The van der Waals surface area contributed by atoms with Crippen molar-refractivity contribution in [1.29, 1.82) is 0 Å². The van der Waals surface area contributed by atoms with Crippen molar-refractivity contribution in [3.8, 4) is 0 Å². The normalized spacial score (nSPS) is 16.1. The number of nitrogens with zero attached hydrogens (tertiary/aromatic N) is 1. The standard InChI is InChI=1S/C13H21NO3/c1-13(2,3)7-4-9-17-10-8-14-11(15)5-6-12(14)16/h5-6H,4,7-10H2,1-3H3. The number of amides is 2. The van der Waals surface area contributed by atoms with Crippen LogP contribution in [0.15, 0.2) is 12.2 Å². The molecular weight excluding hydrogens is 218 g/mol. The van der Waals surface area contributed by atoms with Gasteiger partial charge in [0.05, 0.1) is 13.2 Å². The second kappa shape index (κ2) is 5.96. The summed E-state index contributed by atoms with van der Waals surface area (Å²) in [7, 11) is 0. The van der Waals surface area contributed by atoms with E-state index < -0.39 is 0 Å². The van der Waals surface area contributed by atoms with Crippen LogP contribution in [0.25, 0.3) is 0 Å². The van der Waals surface area contributed by atoms with Crippen LogP contribution in [0.3, 0.4) is 0 Å². The van der Waals surface area contributed by atoms with E-state index in [-0.39, 0.29) is 11.8 Å². The molecule has 0 bridgehead atoms. The van der Waals surface area contributed by atoms with Crippen LogP contribution in [0.5, 0.6) is 0 Å². The molecule has 0 saturated carbocycles. The number of carbonyl (C=O) groups is 2. The van der Waals surface area contributed by atoms with Gasteiger partial charge in [0.25, 0.3) is 11.8 Å². The smallest absolute Gasteiger partial charge is 0.253 e. The fraction of sp³-hybridized carbons (Fsp3) is 0.692. The van der Waals surface area contributed by atoms with E-state index in [1.54, 1.807) is 0 Å². The first-order valence-corrected chi connectivity index (χ1v) is 6.01. The Morgan fingerprint density at radius 1 is 1.12 bits per heavy atom. The van der Waals surface area contributed by atoms with E-state index in [0.717, 1.165) is 12.8 Å². The minimum Gasteiger partial charge on any atom is -0.380 e. The van der Waals surface area contributed by atoms with Gasteiger partial charge in [-0.05, 0) is 18.3 Å². The molecule has 0 atom stereocenters.